The van der Waals surface area contributed by atoms with Crippen molar-refractivity contribution >= 4 is 50.2 Å². The van der Waals surface area contributed by atoms with Gasteiger partial charge in [0.1, 0.15) is 0 Å². The molecule has 4 aromatic rings. The molecule has 1 aliphatic heterocycles. The van der Waals surface area contributed by atoms with Crippen LogP contribution in [-0.4, -0.2) is 20.2 Å². The monoisotopic (exact) mass is 538 g/mol. The summed E-state index contributed by atoms with van der Waals surface area (Å²) in [5.74, 6) is -0.455. The highest BCUT2D eigenvalue weighted by atomic mass is 32.2. The predicted octanol–water partition coefficient (Wildman–Crippen LogP) is 5.06. The summed E-state index contributed by atoms with van der Waals surface area (Å²) in [7, 11) is -3.90. The van der Waals surface area contributed by atoms with E-state index < -0.39 is 10.0 Å². The molecule has 0 radical (unpaired) electrons. The average molecular weight is 539 g/mol. The number of fused-ring (bicyclic) bond motifs is 1. The summed E-state index contributed by atoms with van der Waals surface area (Å²) in [4.78, 5) is 24.5. The summed E-state index contributed by atoms with van der Waals surface area (Å²) in [6.07, 6.45) is 0. The molecule has 1 aliphatic rings. The zero-order valence-corrected chi connectivity index (χ0v) is 21.9. The Morgan fingerprint density at radius 1 is 0.821 bits per heavy atom. The Balaban J connectivity index is 1.55. The normalized spacial score (nSPS) is 13.7. The maximum atomic E-state index is 13.3. The topological polar surface area (TPSA) is 116 Å². The number of sulfonamides is 1. The summed E-state index contributed by atoms with van der Waals surface area (Å²) >= 11 is 0. The Labute approximate surface area is 226 Å². The number of anilines is 3. The second-order valence-corrected chi connectivity index (χ2v) is 10.7. The molecule has 0 saturated carbocycles. The lowest BCUT2D eigenvalue weighted by Gasteiger charge is -2.16. The van der Waals surface area contributed by atoms with Gasteiger partial charge in [0.05, 0.1) is 16.2 Å². The Kier molecular flexibility index (Phi) is 7.16. The first-order chi connectivity index (χ1) is 18.8. The van der Waals surface area contributed by atoms with Gasteiger partial charge in [-0.15, -0.1) is 0 Å². The number of rotatable bonds is 8. The standard InChI is InChI=1S/C30H26N4O4S/c1-20(35)31-19-21-12-14-23(15-13-21)32-29(22-8-4-2-5-9-22)28-26-18-25(16-17-27(26)33-30(28)36)39(37,38)34-24-10-6-3-7-11-24/h2-18,32,34H,19H2,1H3,(H,31,35)(H,33,36). The lowest BCUT2D eigenvalue weighted by molar-refractivity contribution is -0.119. The number of benzene rings is 4. The number of para-hydroxylation sites is 1. The molecule has 0 saturated heterocycles. The van der Waals surface area contributed by atoms with E-state index in [9.17, 15) is 18.0 Å². The third-order valence-corrected chi connectivity index (χ3v) is 7.53. The zero-order valence-electron chi connectivity index (χ0n) is 21.1. The molecule has 0 aromatic heterocycles. The van der Waals surface area contributed by atoms with Crippen LogP contribution in [0.1, 0.15) is 23.6 Å². The molecule has 39 heavy (non-hydrogen) atoms. The Morgan fingerprint density at radius 2 is 1.49 bits per heavy atom. The maximum absolute atomic E-state index is 13.3. The minimum absolute atomic E-state index is 0.0360. The van der Waals surface area contributed by atoms with Crippen LogP contribution in [0.25, 0.3) is 11.3 Å². The van der Waals surface area contributed by atoms with Crippen LogP contribution in [0.5, 0.6) is 0 Å². The van der Waals surface area contributed by atoms with Gasteiger partial charge in [-0.3, -0.25) is 14.3 Å². The largest absolute Gasteiger partial charge is 0.354 e. The molecule has 0 unspecified atom stereocenters. The van der Waals surface area contributed by atoms with Gasteiger partial charge < -0.3 is 16.0 Å². The third kappa shape index (κ3) is 5.83. The smallest absolute Gasteiger partial charge is 0.261 e. The van der Waals surface area contributed by atoms with Crippen LogP contribution in [-0.2, 0) is 26.2 Å². The SMILES string of the molecule is CC(=O)NCc1ccc(NC(=C2C(=O)Nc3ccc(S(=O)(=O)Nc4ccccc4)cc32)c2ccccc2)cc1. The molecule has 0 atom stereocenters. The molecule has 4 N–H and O–H groups in total. The van der Waals surface area contributed by atoms with Crippen LogP contribution >= 0.6 is 0 Å². The molecule has 8 nitrogen and oxygen atoms in total. The van der Waals surface area contributed by atoms with Gasteiger partial charge in [-0.1, -0.05) is 60.7 Å². The van der Waals surface area contributed by atoms with Crippen LogP contribution in [0.3, 0.4) is 0 Å². The number of amides is 2. The Morgan fingerprint density at radius 3 is 2.15 bits per heavy atom. The molecule has 0 spiro atoms. The van der Waals surface area contributed by atoms with Crippen molar-refractivity contribution in [3.05, 3.63) is 120 Å². The second kappa shape index (κ2) is 10.8. The number of hydrogen-bond acceptors (Lipinski definition) is 5. The summed E-state index contributed by atoms with van der Waals surface area (Å²) in [6.45, 7) is 1.87. The van der Waals surface area contributed by atoms with Gasteiger partial charge in [-0.2, -0.15) is 0 Å². The minimum Gasteiger partial charge on any atom is -0.354 e. The van der Waals surface area contributed by atoms with Crippen molar-refractivity contribution in [2.24, 2.45) is 0 Å². The first-order valence-electron chi connectivity index (χ1n) is 12.2. The van der Waals surface area contributed by atoms with Crippen molar-refractivity contribution < 1.29 is 18.0 Å². The number of nitrogens with one attached hydrogen (secondary N) is 4. The number of carbonyl (C=O) groups excluding carboxylic acids is 2. The van der Waals surface area contributed by atoms with E-state index in [-0.39, 0.29) is 16.7 Å². The molecule has 1 heterocycles. The van der Waals surface area contributed by atoms with E-state index in [0.717, 1.165) is 16.8 Å². The molecule has 0 bridgehead atoms. The molecule has 0 fully saturated rings. The van der Waals surface area contributed by atoms with E-state index in [0.29, 0.717) is 34.8 Å². The Bertz CT molecular complexity index is 1670. The maximum Gasteiger partial charge on any atom is 0.261 e. The molecule has 9 heteroatoms. The quantitative estimate of drug-likeness (QED) is 0.234. The van der Waals surface area contributed by atoms with E-state index in [2.05, 4.69) is 20.7 Å². The second-order valence-electron chi connectivity index (χ2n) is 8.98. The van der Waals surface area contributed by atoms with E-state index in [1.165, 1.54) is 19.1 Å². The van der Waals surface area contributed by atoms with Crippen LogP contribution in [0.4, 0.5) is 17.1 Å². The summed E-state index contributed by atoms with van der Waals surface area (Å²) in [5, 5.41) is 8.99. The van der Waals surface area contributed by atoms with E-state index in [1.807, 2.05) is 54.6 Å². The van der Waals surface area contributed by atoms with Crippen molar-refractivity contribution in [2.45, 2.75) is 18.4 Å². The highest BCUT2D eigenvalue weighted by Crippen LogP contribution is 2.39. The fourth-order valence-corrected chi connectivity index (χ4v) is 5.33. The number of hydrogen-bond donors (Lipinski definition) is 4. The highest BCUT2D eigenvalue weighted by Gasteiger charge is 2.30. The summed E-state index contributed by atoms with van der Waals surface area (Å²) < 4.78 is 28.9. The molecule has 0 aliphatic carbocycles. The van der Waals surface area contributed by atoms with Crippen molar-refractivity contribution in [3.63, 3.8) is 0 Å². The zero-order chi connectivity index (χ0) is 27.4. The van der Waals surface area contributed by atoms with E-state index >= 15 is 0 Å². The van der Waals surface area contributed by atoms with Gasteiger partial charge in [0.15, 0.2) is 0 Å². The highest BCUT2D eigenvalue weighted by molar-refractivity contribution is 7.92. The first kappa shape index (κ1) is 25.7. The van der Waals surface area contributed by atoms with Crippen LogP contribution in [0.15, 0.2) is 108 Å². The van der Waals surface area contributed by atoms with E-state index in [1.54, 1.807) is 36.4 Å². The molecular formula is C30H26N4O4S. The fraction of sp³-hybridized carbons (Fsp3) is 0.0667. The third-order valence-electron chi connectivity index (χ3n) is 6.15. The van der Waals surface area contributed by atoms with Gasteiger partial charge in [-0.25, -0.2) is 8.42 Å². The van der Waals surface area contributed by atoms with Gasteiger partial charge in [0, 0.05) is 36.1 Å². The van der Waals surface area contributed by atoms with Crippen LogP contribution in [0, 0.1) is 0 Å². The molecule has 5 rings (SSSR count). The predicted molar refractivity (Wildman–Crippen MR) is 153 cm³/mol. The number of carbonyl (C=O) groups is 2. The Hall–Kier alpha value is -4.89. The summed E-state index contributed by atoms with van der Waals surface area (Å²) in [6, 6.07) is 30.1. The average Bonchev–Trinajstić information content (AvgIpc) is 3.26. The van der Waals surface area contributed by atoms with Crippen LogP contribution in [0.2, 0.25) is 0 Å². The lowest BCUT2D eigenvalue weighted by atomic mass is 10.00. The molecule has 4 aromatic carbocycles. The first-order valence-corrected chi connectivity index (χ1v) is 13.7. The van der Waals surface area contributed by atoms with Gasteiger partial charge in [-0.05, 0) is 53.6 Å². The van der Waals surface area contributed by atoms with Gasteiger partial charge in [0.25, 0.3) is 15.9 Å². The van der Waals surface area contributed by atoms with Crippen molar-refractivity contribution in [1.82, 2.24) is 5.32 Å². The minimum atomic E-state index is -3.90. The van der Waals surface area contributed by atoms with Crippen molar-refractivity contribution in [2.75, 3.05) is 15.4 Å². The van der Waals surface area contributed by atoms with Gasteiger partial charge in [0.2, 0.25) is 5.91 Å². The fourth-order valence-electron chi connectivity index (χ4n) is 4.24. The van der Waals surface area contributed by atoms with Crippen LogP contribution < -0.4 is 20.7 Å². The molecule has 2 amide bonds. The summed E-state index contributed by atoms with van der Waals surface area (Å²) in [5.41, 5.74) is 4.71. The lowest BCUT2D eigenvalue weighted by Crippen LogP contribution is -2.18. The molecule has 196 valence electrons. The molecular weight excluding hydrogens is 512 g/mol. The van der Waals surface area contributed by atoms with E-state index in [4.69, 9.17) is 0 Å². The van der Waals surface area contributed by atoms with Crippen molar-refractivity contribution in [1.29, 1.82) is 0 Å². The van der Waals surface area contributed by atoms with Crippen molar-refractivity contribution in [3.8, 4) is 0 Å². The van der Waals surface area contributed by atoms with Gasteiger partial charge >= 0.3 is 0 Å².